The number of carboxylic acids is 1. The van der Waals surface area contributed by atoms with Crippen LogP contribution in [0.15, 0.2) is 40.7 Å². The van der Waals surface area contributed by atoms with Gasteiger partial charge in [-0.15, -0.1) is 11.3 Å². The topological polar surface area (TPSA) is 118 Å². The number of hydrogen-bond acceptors (Lipinski definition) is 6. The summed E-state index contributed by atoms with van der Waals surface area (Å²) in [5.41, 5.74) is 3.47. The lowest BCUT2D eigenvalue weighted by molar-refractivity contribution is -0.117. The Kier molecular flexibility index (Phi) is 7.48. The third-order valence-electron chi connectivity index (χ3n) is 5.16. The number of thiophene rings is 1. The van der Waals surface area contributed by atoms with Crippen molar-refractivity contribution in [2.24, 2.45) is 10.9 Å². The second-order valence-electron chi connectivity index (χ2n) is 7.59. The number of anilines is 2. The van der Waals surface area contributed by atoms with Crippen LogP contribution in [0.4, 0.5) is 16.4 Å². The quantitative estimate of drug-likeness (QED) is 0.305. The minimum Gasteiger partial charge on any atom is -0.478 e. The SMILES string of the molecule is CN(C)C(=Nc1ccccc1NO)N1CCC(CC(=O)Nc2sccc2C(=O)O)CC1. The van der Waals surface area contributed by atoms with E-state index >= 15 is 0 Å². The first kappa shape index (κ1) is 22.6. The zero-order valence-electron chi connectivity index (χ0n) is 17.5. The van der Waals surface area contributed by atoms with E-state index in [1.807, 2.05) is 37.2 Å². The molecule has 0 atom stereocenters. The zero-order chi connectivity index (χ0) is 22.4. The van der Waals surface area contributed by atoms with Gasteiger partial charge in [-0.05, 0) is 42.3 Å². The molecular formula is C21H27N5O4S. The molecule has 0 unspecified atom stereocenters. The standard InChI is InChI=1S/C21H27N5O4S/c1-25(2)21(22-16-5-3-4-6-17(16)24-30)26-10-7-14(8-11-26)13-18(27)23-19-15(20(28)29)9-12-31-19/h3-6,9,12,14,24,30H,7-8,10-11,13H2,1-2H3,(H,23,27)(H,28,29). The van der Waals surface area contributed by atoms with Gasteiger partial charge in [-0.25, -0.2) is 9.79 Å². The molecule has 1 aliphatic heterocycles. The number of amides is 1. The highest BCUT2D eigenvalue weighted by Gasteiger charge is 2.25. The maximum atomic E-state index is 12.4. The maximum Gasteiger partial charge on any atom is 0.338 e. The number of benzene rings is 1. The van der Waals surface area contributed by atoms with Crippen molar-refractivity contribution >= 4 is 45.5 Å². The van der Waals surface area contributed by atoms with E-state index in [4.69, 9.17) is 4.99 Å². The molecule has 4 N–H and O–H groups in total. The van der Waals surface area contributed by atoms with Crippen LogP contribution >= 0.6 is 11.3 Å². The van der Waals surface area contributed by atoms with E-state index in [1.165, 1.54) is 17.4 Å². The Hall–Kier alpha value is -3.11. The molecule has 166 valence electrons. The monoisotopic (exact) mass is 445 g/mol. The number of rotatable bonds is 6. The first-order valence-electron chi connectivity index (χ1n) is 9.99. The van der Waals surface area contributed by atoms with Crippen LogP contribution in [0.1, 0.15) is 29.6 Å². The highest BCUT2D eigenvalue weighted by atomic mass is 32.1. The summed E-state index contributed by atoms with van der Waals surface area (Å²) >= 11 is 1.21. The lowest BCUT2D eigenvalue weighted by atomic mass is 9.93. The van der Waals surface area contributed by atoms with Crippen LogP contribution in [0.25, 0.3) is 0 Å². The molecule has 10 heteroatoms. The Bertz CT molecular complexity index is 951. The number of hydrogen-bond donors (Lipinski definition) is 4. The summed E-state index contributed by atoms with van der Waals surface area (Å²) in [5.74, 6) is -0.194. The van der Waals surface area contributed by atoms with Gasteiger partial charge in [-0.2, -0.15) is 0 Å². The number of likely N-dealkylation sites (tertiary alicyclic amines) is 1. The second kappa shape index (κ2) is 10.3. The van der Waals surface area contributed by atoms with Gasteiger partial charge in [-0.3, -0.25) is 15.5 Å². The Morgan fingerprint density at radius 2 is 1.94 bits per heavy atom. The normalized spacial score (nSPS) is 14.9. The Balaban J connectivity index is 1.59. The highest BCUT2D eigenvalue weighted by molar-refractivity contribution is 7.14. The molecule has 1 aliphatic rings. The van der Waals surface area contributed by atoms with Gasteiger partial charge in [0, 0.05) is 33.6 Å². The van der Waals surface area contributed by atoms with Crippen LogP contribution < -0.4 is 10.8 Å². The highest BCUT2D eigenvalue weighted by Crippen LogP contribution is 2.28. The number of aromatic carboxylic acids is 1. The van der Waals surface area contributed by atoms with Gasteiger partial charge in [0.1, 0.15) is 5.00 Å². The molecule has 0 bridgehead atoms. The molecule has 0 saturated carbocycles. The number of guanidine groups is 1. The van der Waals surface area contributed by atoms with Gasteiger partial charge in [0.15, 0.2) is 0 Å². The van der Waals surface area contributed by atoms with E-state index in [2.05, 4.69) is 15.7 Å². The molecule has 9 nitrogen and oxygen atoms in total. The molecule has 0 radical (unpaired) electrons. The fourth-order valence-corrected chi connectivity index (χ4v) is 4.37. The van der Waals surface area contributed by atoms with E-state index < -0.39 is 5.97 Å². The van der Waals surface area contributed by atoms with Gasteiger partial charge in [0.05, 0.1) is 16.9 Å². The largest absolute Gasteiger partial charge is 0.478 e. The predicted molar refractivity (Wildman–Crippen MR) is 121 cm³/mol. The smallest absolute Gasteiger partial charge is 0.338 e. The van der Waals surface area contributed by atoms with Gasteiger partial charge in [0.2, 0.25) is 11.9 Å². The third-order valence-corrected chi connectivity index (χ3v) is 5.99. The number of nitrogens with one attached hydrogen (secondary N) is 2. The fraction of sp³-hybridized carbons (Fsp3) is 0.381. The minimum atomic E-state index is -1.04. The Morgan fingerprint density at radius 3 is 2.58 bits per heavy atom. The van der Waals surface area contributed by atoms with Crippen molar-refractivity contribution in [3.8, 4) is 0 Å². The van der Waals surface area contributed by atoms with E-state index in [1.54, 1.807) is 11.4 Å². The lowest BCUT2D eigenvalue weighted by Crippen LogP contribution is -2.45. The summed E-state index contributed by atoms with van der Waals surface area (Å²) in [7, 11) is 3.85. The predicted octanol–water partition coefficient (Wildman–Crippen LogP) is 3.54. The minimum absolute atomic E-state index is 0.123. The van der Waals surface area contributed by atoms with Crippen molar-refractivity contribution < 1.29 is 19.9 Å². The maximum absolute atomic E-state index is 12.4. The fourth-order valence-electron chi connectivity index (χ4n) is 3.58. The van der Waals surface area contributed by atoms with Gasteiger partial charge in [0.25, 0.3) is 0 Å². The van der Waals surface area contributed by atoms with E-state index in [-0.39, 0.29) is 17.4 Å². The molecule has 31 heavy (non-hydrogen) atoms. The average Bonchev–Trinajstić information content (AvgIpc) is 3.21. The summed E-state index contributed by atoms with van der Waals surface area (Å²) < 4.78 is 0. The molecule has 1 fully saturated rings. The molecule has 1 amide bonds. The van der Waals surface area contributed by atoms with Crippen molar-refractivity contribution in [2.75, 3.05) is 38.0 Å². The average molecular weight is 446 g/mol. The summed E-state index contributed by atoms with van der Waals surface area (Å²) in [6, 6.07) is 8.75. The molecule has 2 aromatic rings. The van der Waals surface area contributed by atoms with Crippen LogP contribution in [-0.2, 0) is 4.79 Å². The summed E-state index contributed by atoms with van der Waals surface area (Å²) in [6.07, 6.45) is 2.02. The van der Waals surface area contributed by atoms with E-state index in [9.17, 15) is 19.9 Å². The number of para-hydroxylation sites is 2. The van der Waals surface area contributed by atoms with Crippen molar-refractivity contribution in [3.63, 3.8) is 0 Å². The Morgan fingerprint density at radius 1 is 1.23 bits per heavy atom. The number of carboxylic acid groups (broad SMARTS) is 1. The van der Waals surface area contributed by atoms with Crippen LogP contribution in [0.2, 0.25) is 0 Å². The molecule has 2 heterocycles. The molecule has 1 aromatic heterocycles. The zero-order valence-corrected chi connectivity index (χ0v) is 18.4. The molecule has 3 rings (SSSR count). The summed E-state index contributed by atoms with van der Waals surface area (Å²) in [6.45, 7) is 1.51. The molecular weight excluding hydrogens is 418 g/mol. The number of aliphatic imine (C=N–C) groups is 1. The third kappa shape index (κ3) is 5.74. The number of piperidine rings is 1. The van der Waals surface area contributed by atoms with E-state index in [0.29, 0.717) is 22.8 Å². The van der Waals surface area contributed by atoms with Crippen LogP contribution in [0, 0.1) is 5.92 Å². The second-order valence-corrected chi connectivity index (χ2v) is 8.50. The van der Waals surface area contributed by atoms with Crippen molar-refractivity contribution in [3.05, 3.63) is 41.3 Å². The number of nitrogens with zero attached hydrogens (tertiary/aromatic N) is 3. The molecule has 0 aliphatic carbocycles. The molecule has 1 saturated heterocycles. The number of carbonyl (C=O) groups is 2. The lowest BCUT2D eigenvalue weighted by Gasteiger charge is -2.36. The first-order valence-corrected chi connectivity index (χ1v) is 10.9. The summed E-state index contributed by atoms with van der Waals surface area (Å²) in [4.78, 5) is 32.4. The molecule has 0 spiro atoms. The van der Waals surface area contributed by atoms with E-state index in [0.717, 1.165) is 31.9 Å². The van der Waals surface area contributed by atoms with Crippen molar-refractivity contribution in [1.29, 1.82) is 0 Å². The van der Waals surface area contributed by atoms with Crippen LogP contribution in [0.3, 0.4) is 0 Å². The molecule has 1 aromatic carbocycles. The van der Waals surface area contributed by atoms with Gasteiger partial charge < -0.3 is 20.2 Å². The number of carbonyl (C=O) groups excluding carboxylic acids is 1. The first-order chi connectivity index (χ1) is 14.9. The van der Waals surface area contributed by atoms with Crippen LogP contribution in [-0.4, -0.2) is 65.1 Å². The summed E-state index contributed by atoms with van der Waals surface area (Å²) in [5, 5.41) is 23.3. The van der Waals surface area contributed by atoms with Crippen molar-refractivity contribution in [1.82, 2.24) is 9.80 Å². The van der Waals surface area contributed by atoms with Gasteiger partial charge in [-0.1, -0.05) is 12.1 Å². The van der Waals surface area contributed by atoms with Crippen molar-refractivity contribution in [2.45, 2.75) is 19.3 Å². The Labute approximate surface area is 185 Å². The van der Waals surface area contributed by atoms with Gasteiger partial charge >= 0.3 is 5.97 Å². The van der Waals surface area contributed by atoms with Crippen LogP contribution in [0.5, 0.6) is 0 Å².